The van der Waals surface area contributed by atoms with Crippen LogP contribution in [0.25, 0.3) is 0 Å². The second-order valence-electron chi connectivity index (χ2n) is 4.23. The van der Waals surface area contributed by atoms with E-state index in [-0.39, 0.29) is 6.61 Å². The summed E-state index contributed by atoms with van der Waals surface area (Å²) < 4.78 is 25.5. The maximum absolute atomic E-state index is 11.2. The van der Waals surface area contributed by atoms with Crippen LogP contribution < -0.4 is 0 Å². The minimum Gasteiger partial charge on any atom is -0.456 e. The van der Waals surface area contributed by atoms with Crippen molar-refractivity contribution in [1.82, 2.24) is 0 Å². The van der Waals surface area contributed by atoms with Gasteiger partial charge in [0.05, 0.1) is 6.61 Å². The zero-order valence-corrected chi connectivity index (χ0v) is 11.8. The van der Waals surface area contributed by atoms with Crippen molar-refractivity contribution in [1.29, 1.82) is 0 Å². The number of rotatable bonds is 4. The summed E-state index contributed by atoms with van der Waals surface area (Å²) in [7, 11) is 1.36. The fourth-order valence-electron chi connectivity index (χ4n) is 1.91. The van der Waals surface area contributed by atoms with Crippen molar-refractivity contribution in [3.63, 3.8) is 0 Å². The molecule has 0 aromatic rings. The monoisotopic (exact) mass is 290 g/mol. The first-order valence-electron chi connectivity index (χ1n) is 6.01. The summed E-state index contributed by atoms with van der Waals surface area (Å²) in [5.41, 5.74) is 0. The summed E-state index contributed by atoms with van der Waals surface area (Å²) in [6.45, 7) is 3.59. The van der Waals surface area contributed by atoms with E-state index in [0.717, 1.165) is 0 Å². The van der Waals surface area contributed by atoms with E-state index in [4.69, 9.17) is 23.7 Å². The predicted molar refractivity (Wildman–Crippen MR) is 63.4 cm³/mol. The molecule has 0 spiro atoms. The molecule has 0 aromatic heterocycles. The van der Waals surface area contributed by atoms with Crippen LogP contribution in [0.3, 0.4) is 0 Å². The molecule has 1 heterocycles. The fraction of sp³-hybridized carbons (Fsp3) is 0.750. The first-order chi connectivity index (χ1) is 9.35. The van der Waals surface area contributed by atoms with E-state index in [0.29, 0.717) is 0 Å². The molecule has 1 saturated heterocycles. The van der Waals surface area contributed by atoms with Gasteiger partial charge in [-0.3, -0.25) is 14.4 Å². The molecule has 0 radical (unpaired) electrons. The number of ether oxygens (including phenoxy) is 5. The van der Waals surface area contributed by atoms with Crippen LogP contribution in [0.1, 0.15) is 20.8 Å². The van der Waals surface area contributed by atoms with Gasteiger partial charge in [0.1, 0.15) is 0 Å². The number of hydrogen-bond donors (Lipinski definition) is 0. The van der Waals surface area contributed by atoms with Gasteiger partial charge in [-0.2, -0.15) is 0 Å². The van der Waals surface area contributed by atoms with Gasteiger partial charge in [0.2, 0.25) is 0 Å². The van der Waals surface area contributed by atoms with Crippen molar-refractivity contribution < 1.29 is 38.1 Å². The zero-order valence-electron chi connectivity index (χ0n) is 11.8. The molecule has 0 saturated carbocycles. The topological polar surface area (TPSA) is 97.4 Å². The third-order valence-electron chi connectivity index (χ3n) is 2.54. The molecule has 8 nitrogen and oxygen atoms in total. The SMILES string of the molecule is CO[C@@H]1OC[C@@H](OC(C)=O)[C@@H](OC(C)=O)[C@H]1OC(C)=O. The van der Waals surface area contributed by atoms with Crippen LogP contribution in [0.15, 0.2) is 0 Å². The third kappa shape index (κ3) is 4.46. The largest absolute Gasteiger partial charge is 0.456 e. The molecule has 0 unspecified atom stereocenters. The summed E-state index contributed by atoms with van der Waals surface area (Å²) in [5, 5.41) is 0. The summed E-state index contributed by atoms with van der Waals surface area (Å²) in [5.74, 6) is -1.75. The molecule has 0 bridgehead atoms. The number of hydrogen-bond acceptors (Lipinski definition) is 8. The molecule has 8 heteroatoms. The maximum atomic E-state index is 11.2. The van der Waals surface area contributed by atoms with Crippen LogP contribution in [-0.2, 0) is 38.1 Å². The predicted octanol–water partition coefficient (Wildman–Crippen LogP) is -0.216. The second kappa shape index (κ2) is 7.20. The van der Waals surface area contributed by atoms with E-state index in [1.54, 1.807) is 0 Å². The Kier molecular flexibility index (Phi) is 5.90. The molecule has 1 fully saturated rings. The molecule has 1 aliphatic rings. The molecule has 1 rings (SSSR count). The van der Waals surface area contributed by atoms with Gasteiger partial charge in [0, 0.05) is 27.9 Å². The highest BCUT2D eigenvalue weighted by Crippen LogP contribution is 2.24. The van der Waals surface area contributed by atoms with Gasteiger partial charge in [0.25, 0.3) is 0 Å². The first-order valence-corrected chi connectivity index (χ1v) is 6.01. The molecule has 1 aliphatic heterocycles. The Bertz CT molecular complexity index is 380. The summed E-state index contributed by atoms with van der Waals surface area (Å²) in [6, 6.07) is 0. The van der Waals surface area contributed by atoms with Gasteiger partial charge < -0.3 is 23.7 Å². The zero-order chi connectivity index (χ0) is 15.3. The van der Waals surface area contributed by atoms with E-state index in [2.05, 4.69) is 0 Å². The molecule has 0 N–H and O–H groups in total. The smallest absolute Gasteiger partial charge is 0.303 e. The van der Waals surface area contributed by atoms with E-state index in [1.165, 1.54) is 27.9 Å². The highest BCUT2D eigenvalue weighted by molar-refractivity contribution is 5.68. The molecule has 20 heavy (non-hydrogen) atoms. The second-order valence-corrected chi connectivity index (χ2v) is 4.23. The van der Waals surface area contributed by atoms with Crippen LogP contribution in [-0.4, -0.2) is 56.2 Å². The Hall–Kier alpha value is -1.67. The van der Waals surface area contributed by atoms with E-state index in [9.17, 15) is 14.4 Å². The standard InChI is InChI=1S/C12H18O8/c1-6(13)18-9-5-17-12(16-4)11(20-8(3)15)10(9)19-7(2)14/h9-12H,5H2,1-4H3/t9-,10-,11-,12-/m1/s1. The van der Waals surface area contributed by atoms with Crippen LogP contribution in [0.5, 0.6) is 0 Å². The Balaban J connectivity index is 2.95. The highest BCUT2D eigenvalue weighted by Gasteiger charge is 2.47. The maximum Gasteiger partial charge on any atom is 0.303 e. The van der Waals surface area contributed by atoms with Crippen LogP contribution in [0.4, 0.5) is 0 Å². The molecule has 114 valence electrons. The molecule has 0 aliphatic carbocycles. The Morgan fingerprint density at radius 2 is 1.40 bits per heavy atom. The highest BCUT2D eigenvalue weighted by atomic mass is 16.7. The van der Waals surface area contributed by atoms with Crippen LogP contribution in [0.2, 0.25) is 0 Å². The van der Waals surface area contributed by atoms with Gasteiger partial charge in [-0.25, -0.2) is 0 Å². The lowest BCUT2D eigenvalue weighted by molar-refractivity contribution is -0.274. The fourth-order valence-corrected chi connectivity index (χ4v) is 1.91. The van der Waals surface area contributed by atoms with Crippen LogP contribution in [0, 0.1) is 0 Å². The van der Waals surface area contributed by atoms with Crippen molar-refractivity contribution in [3.05, 3.63) is 0 Å². The quantitative estimate of drug-likeness (QED) is 0.518. The number of methoxy groups -OCH3 is 1. The van der Waals surface area contributed by atoms with E-state index < -0.39 is 42.5 Å². The minimum atomic E-state index is -1.01. The third-order valence-corrected chi connectivity index (χ3v) is 2.54. The van der Waals surface area contributed by atoms with Gasteiger partial charge in [-0.05, 0) is 0 Å². The van der Waals surface area contributed by atoms with E-state index >= 15 is 0 Å². The average molecular weight is 290 g/mol. The minimum absolute atomic E-state index is 0.0339. The Morgan fingerprint density at radius 3 is 1.85 bits per heavy atom. The van der Waals surface area contributed by atoms with Crippen molar-refractivity contribution in [2.75, 3.05) is 13.7 Å². The lowest BCUT2D eigenvalue weighted by atomic mass is 10.0. The van der Waals surface area contributed by atoms with Crippen molar-refractivity contribution >= 4 is 17.9 Å². The molecular formula is C12H18O8. The van der Waals surface area contributed by atoms with Crippen molar-refractivity contribution in [3.8, 4) is 0 Å². The Labute approximate surface area is 116 Å². The van der Waals surface area contributed by atoms with Crippen molar-refractivity contribution in [2.45, 2.75) is 45.4 Å². The number of carbonyl (C=O) groups excluding carboxylic acids is 3. The summed E-state index contributed by atoms with van der Waals surface area (Å²) in [4.78, 5) is 33.4. The van der Waals surface area contributed by atoms with Gasteiger partial charge in [0.15, 0.2) is 24.6 Å². The average Bonchev–Trinajstić information content (AvgIpc) is 2.31. The molecule has 4 atom stereocenters. The summed E-state index contributed by atoms with van der Waals surface area (Å²) >= 11 is 0. The number of esters is 3. The van der Waals surface area contributed by atoms with Crippen LogP contribution >= 0.6 is 0 Å². The first kappa shape index (κ1) is 16.4. The lowest BCUT2D eigenvalue weighted by Crippen LogP contribution is -2.57. The molecule has 0 amide bonds. The number of carbonyl (C=O) groups is 3. The van der Waals surface area contributed by atoms with Gasteiger partial charge >= 0.3 is 17.9 Å². The van der Waals surface area contributed by atoms with Crippen molar-refractivity contribution in [2.24, 2.45) is 0 Å². The van der Waals surface area contributed by atoms with E-state index in [1.807, 2.05) is 0 Å². The normalized spacial score (nSPS) is 29.4. The Morgan fingerprint density at radius 1 is 0.900 bits per heavy atom. The van der Waals surface area contributed by atoms with Gasteiger partial charge in [-0.1, -0.05) is 0 Å². The summed E-state index contributed by atoms with van der Waals surface area (Å²) in [6.07, 6.45) is -3.78. The van der Waals surface area contributed by atoms with Gasteiger partial charge in [-0.15, -0.1) is 0 Å². The lowest BCUT2D eigenvalue weighted by Gasteiger charge is -2.39. The molecular weight excluding hydrogens is 272 g/mol. The molecule has 0 aromatic carbocycles.